The van der Waals surface area contributed by atoms with Crippen molar-refractivity contribution in [3.05, 3.63) is 47.5 Å². The van der Waals surface area contributed by atoms with Gasteiger partial charge in [-0.15, -0.1) is 0 Å². The van der Waals surface area contributed by atoms with Gasteiger partial charge in [0.25, 0.3) is 5.91 Å². The number of fused-ring (bicyclic) bond motifs is 1. The molecule has 0 aromatic heterocycles. The summed E-state index contributed by atoms with van der Waals surface area (Å²) in [6.07, 6.45) is -0.557. The van der Waals surface area contributed by atoms with Crippen LogP contribution in [0.5, 0.6) is 5.75 Å². The topological polar surface area (TPSA) is 70.7 Å². The molecule has 6 nitrogen and oxygen atoms in total. The van der Waals surface area contributed by atoms with Gasteiger partial charge in [0.2, 0.25) is 5.91 Å². The fraction of sp³-hybridized carbons (Fsp3) is 0.391. The minimum Gasteiger partial charge on any atom is -0.484 e. The molecule has 2 aliphatic rings. The zero-order chi connectivity index (χ0) is 22.7. The first-order chi connectivity index (χ1) is 15.3. The van der Waals surface area contributed by atoms with Gasteiger partial charge in [0.05, 0.1) is 16.9 Å². The number of amides is 2. The first-order valence-corrected chi connectivity index (χ1v) is 10.6. The van der Waals surface area contributed by atoms with Gasteiger partial charge in [0.15, 0.2) is 6.61 Å². The molecule has 0 radical (unpaired) electrons. The van der Waals surface area contributed by atoms with Gasteiger partial charge in [-0.3, -0.25) is 9.59 Å². The summed E-state index contributed by atoms with van der Waals surface area (Å²) in [6.45, 7) is 1.12. The van der Waals surface area contributed by atoms with Crippen molar-refractivity contribution in [2.24, 2.45) is 0 Å². The first-order valence-electron chi connectivity index (χ1n) is 10.6. The average molecular weight is 447 g/mol. The van der Waals surface area contributed by atoms with Crippen LogP contribution < -0.4 is 20.3 Å². The lowest BCUT2D eigenvalue weighted by molar-refractivity contribution is -0.137. The van der Waals surface area contributed by atoms with Crippen LogP contribution in [-0.4, -0.2) is 31.5 Å². The molecular formula is C23H24F3N3O3. The summed E-state index contributed by atoms with van der Waals surface area (Å²) in [5.41, 5.74) is 1.52. The Bertz CT molecular complexity index is 1020. The Kier molecular flexibility index (Phi) is 6.25. The number of hydrogen-bond acceptors (Lipinski definition) is 4. The number of rotatable bonds is 5. The molecule has 0 atom stereocenters. The van der Waals surface area contributed by atoms with E-state index in [0.717, 1.165) is 50.0 Å². The van der Waals surface area contributed by atoms with E-state index >= 15 is 0 Å². The van der Waals surface area contributed by atoms with Gasteiger partial charge < -0.3 is 20.3 Å². The number of carbonyl (C=O) groups excluding carboxylic acids is 2. The third kappa shape index (κ3) is 5.15. The number of nitrogens with one attached hydrogen (secondary N) is 2. The Balaban J connectivity index is 1.46. The summed E-state index contributed by atoms with van der Waals surface area (Å²) in [6, 6.07) is 8.54. The third-order valence-corrected chi connectivity index (χ3v) is 5.64. The van der Waals surface area contributed by atoms with Crippen LogP contribution in [0.4, 0.5) is 30.2 Å². The number of ether oxygens (including phenoxy) is 1. The molecule has 2 N–H and O–H groups in total. The number of alkyl halides is 3. The van der Waals surface area contributed by atoms with E-state index in [1.807, 2.05) is 4.90 Å². The van der Waals surface area contributed by atoms with Gasteiger partial charge in [-0.25, -0.2) is 0 Å². The molecule has 1 fully saturated rings. The molecule has 2 heterocycles. The largest absolute Gasteiger partial charge is 0.484 e. The third-order valence-electron chi connectivity index (χ3n) is 5.64. The van der Waals surface area contributed by atoms with Crippen LogP contribution >= 0.6 is 0 Å². The highest BCUT2D eigenvalue weighted by Crippen LogP contribution is 2.36. The van der Waals surface area contributed by atoms with Crippen molar-refractivity contribution in [1.82, 2.24) is 0 Å². The van der Waals surface area contributed by atoms with Crippen molar-refractivity contribution in [2.45, 2.75) is 38.3 Å². The molecule has 2 aromatic rings. The average Bonchev–Trinajstić information content (AvgIpc) is 2.77. The fourth-order valence-corrected chi connectivity index (χ4v) is 4.01. The molecule has 32 heavy (non-hydrogen) atoms. The standard InChI is InChI=1S/C23H24F3N3O3/c24-23(25,26)16-5-8-20(29-10-2-1-3-11-29)19(13-16)28-22(31)14-32-17-6-7-18-15(12-17)4-9-21(30)27-18/h5-8,12-13H,1-4,9-11,14H2,(H,27,30)(H,28,31). The number of carbonyl (C=O) groups is 2. The molecule has 4 rings (SSSR count). The molecule has 0 aliphatic carbocycles. The molecule has 0 spiro atoms. The van der Waals surface area contributed by atoms with Crippen molar-refractivity contribution in [1.29, 1.82) is 0 Å². The van der Waals surface area contributed by atoms with Crippen LogP contribution in [-0.2, 0) is 22.2 Å². The highest BCUT2D eigenvalue weighted by atomic mass is 19.4. The van der Waals surface area contributed by atoms with E-state index in [9.17, 15) is 22.8 Å². The summed E-state index contributed by atoms with van der Waals surface area (Å²) < 4.78 is 45.3. The van der Waals surface area contributed by atoms with Gasteiger partial charge in [-0.2, -0.15) is 13.2 Å². The van der Waals surface area contributed by atoms with Gasteiger partial charge in [-0.05, 0) is 67.6 Å². The van der Waals surface area contributed by atoms with Crippen molar-refractivity contribution < 1.29 is 27.5 Å². The number of piperidine rings is 1. The van der Waals surface area contributed by atoms with Crippen LogP contribution in [0.3, 0.4) is 0 Å². The number of nitrogens with zero attached hydrogens (tertiary/aromatic N) is 1. The first kappa shape index (κ1) is 22.0. The highest BCUT2D eigenvalue weighted by Gasteiger charge is 2.32. The zero-order valence-electron chi connectivity index (χ0n) is 17.4. The summed E-state index contributed by atoms with van der Waals surface area (Å²) in [5.74, 6) is -0.139. The maximum atomic E-state index is 13.2. The van der Waals surface area contributed by atoms with Crippen LogP contribution in [0.1, 0.15) is 36.8 Å². The van der Waals surface area contributed by atoms with Gasteiger partial charge in [0, 0.05) is 25.2 Å². The zero-order valence-corrected chi connectivity index (χ0v) is 17.4. The van der Waals surface area contributed by atoms with E-state index in [1.54, 1.807) is 18.2 Å². The molecule has 0 saturated carbocycles. The van der Waals surface area contributed by atoms with Crippen LogP contribution in [0, 0.1) is 0 Å². The van der Waals surface area contributed by atoms with Gasteiger partial charge in [-0.1, -0.05) is 0 Å². The van der Waals surface area contributed by atoms with Crippen molar-refractivity contribution >= 4 is 28.9 Å². The second kappa shape index (κ2) is 9.10. The second-order valence-corrected chi connectivity index (χ2v) is 7.98. The number of hydrogen-bond donors (Lipinski definition) is 2. The van der Waals surface area contributed by atoms with Gasteiger partial charge >= 0.3 is 6.18 Å². The summed E-state index contributed by atoms with van der Waals surface area (Å²) >= 11 is 0. The molecule has 2 aliphatic heterocycles. The van der Waals surface area contributed by atoms with Crippen molar-refractivity contribution in [2.75, 3.05) is 35.2 Å². The van der Waals surface area contributed by atoms with E-state index in [2.05, 4.69) is 10.6 Å². The molecule has 0 unspecified atom stereocenters. The predicted molar refractivity (Wildman–Crippen MR) is 115 cm³/mol. The van der Waals surface area contributed by atoms with Crippen molar-refractivity contribution in [3.8, 4) is 5.75 Å². The Morgan fingerprint density at radius 1 is 1.06 bits per heavy atom. The molecule has 170 valence electrons. The summed E-state index contributed by atoms with van der Waals surface area (Å²) in [4.78, 5) is 26.0. The van der Waals surface area contributed by atoms with Crippen LogP contribution in [0.15, 0.2) is 36.4 Å². The maximum Gasteiger partial charge on any atom is 0.416 e. The SMILES string of the molecule is O=C1CCc2cc(OCC(=O)Nc3cc(C(F)(F)F)ccc3N3CCCCC3)ccc2N1. The minimum atomic E-state index is -4.51. The number of benzene rings is 2. The Labute approximate surface area is 183 Å². The summed E-state index contributed by atoms with van der Waals surface area (Å²) in [7, 11) is 0. The highest BCUT2D eigenvalue weighted by molar-refractivity contribution is 5.96. The Hall–Kier alpha value is -3.23. The van der Waals surface area contributed by atoms with E-state index in [4.69, 9.17) is 4.74 Å². The number of halogens is 3. The van der Waals surface area contributed by atoms with Crippen molar-refractivity contribution in [3.63, 3.8) is 0 Å². The lowest BCUT2D eigenvalue weighted by Crippen LogP contribution is -2.31. The monoisotopic (exact) mass is 447 g/mol. The van der Waals surface area contributed by atoms with E-state index < -0.39 is 17.6 Å². The Morgan fingerprint density at radius 2 is 1.84 bits per heavy atom. The molecule has 2 aromatic carbocycles. The smallest absolute Gasteiger partial charge is 0.416 e. The number of aryl methyl sites for hydroxylation is 1. The lowest BCUT2D eigenvalue weighted by Gasteiger charge is -2.31. The number of anilines is 3. The van der Waals surface area contributed by atoms with E-state index in [0.29, 0.717) is 30.0 Å². The maximum absolute atomic E-state index is 13.2. The lowest BCUT2D eigenvalue weighted by atomic mass is 10.0. The minimum absolute atomic E-state index is 0.0452. The fourth-order valence-electron chi connectivity index (χ4n) is 4.01. The summed E-state index contributed by atoms with van der Waals surface area (Å²) in [5, 5.41) is 5.37. The quantitative estimate of drug-likeness (QED) is 0.703. The Morgan fingerprint density at radius 3 is 2.59 bits per heavy atom. The molecule has 9 heteroatoms. The molecular weight excluding hydrogens is 423 g/mol. The van der Waals surface area contributed by atoms with Gasteiger partial charge in [0.1, 0.15) is 5.75 Å². The van der Waals surface area contributed by atoms with Crippen LogP contribution in [0.2, 0.25) is 0 Å². The van der Waals surface area contributed by atoms with E-state index in [1.165, 1.54) is 6.07 Å². The van der Waals surface area contributed by atoms with Crippen LogP contribution in [0.25, 0.3) is 0 Å². The second-order valence-electron chi connectivity index (χ2n) is 7.98. The van der Waals surface area contributed by atoms with E-state index in [-0.39, 0.29) is 18.2 Å². The molecule has 0 bridgehead atoms. The predicted octanol–water partition coefficient (Wildman–Crippen LogP) is 4.60. The molecule has 2 amide bonds. The molecule has 1 saturated heterocycles. The normalized spacial score (nSPS) is 16.2.